The van der Waals surface area contributed by atoms with E-state index in [4.69, 9.17) is 0 Å². The van der Waals surface area contributed by atoms with Crippen LogP contribution >= 0.6 is 0 Å². The van der Waals surface area contributed by atoms with Crippen molar-refractivity contribution in [3.63, 3.8) is 0 Å². The normalized spacial score (nSPS) is 21.5. The molecule has 1 aliphatic rings. The lowest BCUT2D eigenvalue weighted by Crippen LogP contribution is -2.45. The van der Waals surface area contributed by atoms with E-state index in [0.717, 1.165) is 24.8 Å². The second kappa shape index (κ2) is 7.96. The molecule has 0 bridgehead atoms. The third-order valence-corrected chi connectivity index (χ3v) is 4.03. The SMILES string of the molecule is C[C@H]1CCCC[C@H]1NC(=O)NCc1ccc(OC(F)F)cc1. The smallest absolute Gasteiger partial charge is 0.387 e. The first kappa shape index (κ1) is 16.5. The molecule has 1 saturated carbocycles. The molecule has 1 aromatic carbocycles. The van der Waals surface area contributed by atoms with E-state index in [-0.39, 0.29) is 17.8 Å². The molecule has 122 valence electrons. The zero-order valence-corrected chi connectivity index (χ0v) is 12.6. The lowest BCUT2D eigenvalue weighted by Gasteiger charge is -2.29. The van der Waals surface area contributed by atoms with Gasteiger partial charge in [0.25, 0.3) is 0 Å². The fraction of sp³-hybridized carbons (Fsp3) is 0.562. The average Bonchev–Trinajstić information content (AvgIpc) is 2.48. The van der Waals surface area contributed by atoms with Crippen LogP contribution in [-0.4, -0.2) is 18.7 Å². The first-order valence-corrected chi connectivity index (χ1v) is 7.62. The van der Waals surface area contributed by atoms with Crippen molar-refractivity contribution in [3.8, 4) is 5.75 Å². The lowest BCUT2D eigenvalue weighted by atomic mass is 9.86. The van der Waals surface area contributed by atoms with Crippen LogP contribution in [0.4, 0.5) is 13.6 Å². The molecule has 0 spiro atoms. The number of nitrogens with one attached hydrogen (secondary N) is 2. The van der Waals surface area contributed by atoms with Gasteiger partial charge in [-0.2, -0.15) is 8.78 Å². The Morgan fingerprint density at radius 3 is 2.59 bits per heavy atom. The highest BCUT2D eigenvalue weighted by Gasteiger charge is 2.22. The Bertz CT molecular complexity index is 480. The monoisotopic (exact) mass is 312 g/mol. The zero-order chi connectivity index (χ0) is 15.9. The van der Waals surface area contributed by atoms with Gasteiger partial charge in [-0.1, -0.05) is 31.9 Å². The summed E-state index contributed by atoms with van der Waals surface area (Å²) in [5.74, 6) is 0.615. The topological polar surface area (TPSA) is 50.4 Å². The minimum atomic E-state index is -2.83. The quantitative estimate of drug-likeness (QED) is 0.871. The van der Waals surface area contributed by atoms with Crippen LogP contribution in [0, 0.1) is 5.92 Å². The maximum atomic E-state index is 12.0. The van der Waals surface area contributed by atoms with Crippen molar-refractivity contribution in [2.45, 2.75) is 51.8 Å². The largest absolute Gasteiger partial charge is 0.435 e. The number of halogens is 2. The molecule has 0 aliphatic heterocycles. The van der Waals surface area contributed by atoms with Crippen LogP contribution < -0.4 is 15.4 Å². The van der Waals surface area contributed by atoms with Gasteiger partial charge in [-0.05, 0) is 36.5 Å². The zero-order valence-electron chi connectivity index (χ0n) is 12.6. The predicted molar refractivity (Wildman–Crippen MR) is 79.9 cm³/mol. The Balaban J connectivity index is 1.76. The highest BCUT2D eigenvalue weighted by Crippen LogP contribution is 2.23. The number of hydrogen-bond donors (Lipinski definition) is 2. The van der Waals surface area contributed by atoms with Crippen LogP contribution in [0.25, 0.3) is 0 Å². The van der Waals surface area contributed by atoms with E-state index in [2.05, 4.69) is 22.3 Å². The number of benzene rings is 1. The molecule has 1 aliphatic carbocycles. The van der Waals surface area contributed by atoms with E-state index in [1.165, 1.54) is 18.6 Å². The highest BCUT2D eigenvalue weighted by atomic mass is 19.3. The Kier molecular flexibility index (Phi) is 5.98. The van der Waals surface area contributed by atoms with Crippen LogP contribution in [0.1, 0.15) is 38.2 Å². The molecule has 0 aromatic heterocycles. The van der Waals surface area contributed by atoms with E-state index in [1.54, 1.807) is 12.1 Å². The molecule has 0 heterocycles. The van der Waals surface area contributed by atoms with Gasteiger partial charge in [-0.15, -0.1) is 0 Å². The molecule has 6 heteroatoms. The van der Waals surface area contributed by atoms with Gasteiger partial charge in [0.1, 0.15) is 5.75 Å². The molecule has 2 atom stereocenters. The summed E-state index contributed by atoms with van der Waals surface area (Å²) in [7, 11) is 0. The maximum absolute atomic E-state index is 12.0. The summed E-state index contributed by atoms with van der Waals surface area (Å²) in [5.41, 5.74) is 0.827. The van der Waals surface area contributed by atoms with Crippen molar-refractivity contribution in [2.75, 3.05) is 0 Å². The predicted octanol–water partition coefficient (Wildman–Crippen LogP) is 3.67. The van der Waals surface area contributed by atoms with Gasteiger partial charge in [0.05, 0.1) is 0 Å². The first-order valence-electron chi connectivity index (χ1n) is 7.62. The van der Waals surface area contributed by atoms with Crippen LogP contribution in [-0.2, 0) is 6.54 Å². The van der Waals surface area contributed by atoms with Crippen molar-refractivity contribution in [3.05, 3.63) is 29.8 Å². The lowest BCUT2D eigenvalue weighted by molar-refractivity contribution is -0.0498. The van der Waals surface area contributed by atoms with Crippen LogP contribution in [0.2, 0.25) is 0 Å². The molecule has 0 saturated heterocycles. The second-order valence-electron chi connectivity index (χ2n) is 5.72. The summed E-state index contributed by atoms with van der Waals surface area (Å²) in [6, 6.07) is 6.28. The highest BCUT2D eigenvalue weighted by molar-refractivity contribution is 5.74. The average molecular weight is 312 g/mol. The molecule has 2 rings (SSSR count). The molecule has 0 radical (unpaired) electrons. The molecular weight excluding hydrogens is 290 g/mol. The van der Waals surface area contributed by atoms with Crippen molar-refractivity contribution in [1.29, 1.82) is 0 Å². The van der Waals surface area contributed by atoms with Gasteiger partial charge < -0.3 is 15.4 Å². The third-order valence-electron chi connectivity index (χ3n) is 4.03. The molecular formula is C16H22F2N2O2. The van der Waals surface area contributed by atoms with Gasteiger partial charge in [0.2, 0.25) is 0 Å². The molecule has 1 fully saturated rings. The number of ether oxygens (including phenoxy) is 1. The first-order chi connectivity index (χ1) is 10.5. The summed E-state index contributed by atoms with van der Waals surface area (Å²) in [6.45, 7) is -0.319. The van der Waals surface area contributed by atoms with E-state index in [0.29, 0.717) is 12.5 Å². The Morgan fingerprint density at radius 1 is 1.27 bits per heavy atom. The van der Waals surface area contributed by atoms with Crippen LogP contribution in [0.5, 0.6) is 5.75 Å². The number of amides is 2. The van der Waals surface area contributed by atoms with Gasteiger partial charge in [-0.3, -0.25) is 0 Å². The number of carbonyl (C=O) groups is 1. The van der Waals surface area contributed by atoms with Crippen molar-refractivity contribution in [1.82, 2.24) is 10.6 Å². The standard InChI is InChI=1S/C16H22F2N2O2/c1-11-4-2-3-5-14(11)20-16(21)19-10-12-6-8-13(9-7-12)22-15(17)18/h6-9,11,14-15H,2-5,10H2,1H3,(H2,19,20,21)/t11-,14+/m0/s1. The van der Waals surface area contributed by atoms with Gasteiger partial charge >= 0.3 is 12.6 Å². The number of carbonyl (C=O) groups excluding carboxylic acids is 1. The number of rotatable bonds is 5. The number of alkyl halides is 2. The number of urea groups is 1. The van der Waals surface area contributed by atoms with Crippen LogP contribution in [0.3, 0.4) is 0 Å². The van der Waals surface area contributed by atoms with E-state index < -0.39 is 6.61 Å². The molecule has 2 amide bonds. The fourth-order valence-electron chi connectivity index (χ4n) is 2.72. The maximum Gasteiger partial charge on any atom is 0.387 e. The Hall–Kier alpha value is -1.85. The van der Waals surface area contributed by atoms with E-state index >= 15 is 0 Å². The van der Waals surface area contributed by atoms with Crippen molar-refractivity contribution < 1.29 is 18.3 Å². The molecule has 4 nitrogen and oxygen atoms in total. The molecule has 0 unspecified atom stereocenters. The Labute approximate surface area is 129 Å². The summed E-state index contributed by atoms with van der Waals surface area (Å²) < 4.78 is 28.4. The Morgan fingerprint density at radius 2 is 1.95 bits per heavy atom. The molecule has 22 heavy (non-hydrogen) atoms. The van der Waals surface area contributed by atoms with Gasteiger partial charge in [-0.25, -0.2) is 4.79 Å². The minimum Gasteiger partial charge on any atom is -0.435 e. The molecule has 2 N–H and O–H groups in total. The summed E-state index contributed by atoms with van der Waals surface area (Å²) in [4.78, 5) is 11.9. The molecule has 1 aromatic rings. The van der Waals surface area contributed by atoms with E-state index in [9.17, 15) is 13.6 Å². The second-order valence-corrected chi connectivity index (χ2v) is 5.72. The van der Waals surface area contributed by atoms with Crippen molar-refractivity contribution >= 4 is 6.03 Å². The van der Waals surface area contributed by atoms with Gasteiger partial charge in [0.15, 0.2) is 0 Å². The summed E-state index contributed by atoms with van der Waals surface area (Å²) >= 11 is 0. The number of hydrogen-bond acceptors (Lipinski definition) is 2. The minimum absolute atomic E-state index is 0.110. The third kappa shape index (κ3) is 5.16. The van der Waals surface area contributed by atoms with Crippen LogP contribution in [0.15, 0.2) is 24.3 Å². The van der Waals surface area contributed by atoms with E-state index in [1.807, 2.05) is 0 Å². The summed E-state index contributed by atoms with van der Waals surface area (Å²) in [6.07, 6.45) is 4.56. The fourth-order valence-corrected chi connectivity index (χ4v) is 2.72. The summed E-state index contributed by atoms with van der Waals surface area (Å²) in [5, 5.41) is 5.79. The van der Waals surface area contributed by atoms with Gasteiger partial charge in [0, 0.05) is 12.6 Å². The van der Waals surface area contributed by atoms with Crippen molar-refractivity contribution in [2.24, 2.45) is 5.92 Å².